The van der Waals surface area contributed by atoms with E-state index in [0.29, 0.717) is 42.6 Å². The molecule has 1 fully saturated rings. The predicted octanol–water partition coefficient (Wildman–Crippen LogP) is 2.95. The molecule has 1 aromatic carbocycles. The summed E-state index contributed by atoms with van der Waals surface area (Å²) in [4.78, 5) is 26.5. The van der Waals surface area contributed by atoms with E-state index < -0.39 is 6.04 Å². The van der Waals surface area contributed by atoms with Crippen molar-refractivity contribution in [3.8, 4) is 5.75 Å². The summed E-state index contributed by atoms with van der Waals surface area (Å²) < 4.78 is 10.4. The number of carbonyl (C=O) groups is 2. The number of anilines is 1. The number of methoxy groups -OCH3 is 1. The molecule has 25 heavy (non-hydrogen) atoms. The van der Waals surface area contributed by atoms with Gasteiger partial charge in [-0.1, -0.05) is 25.4 Å². The zero-order valence-electron chi connectivity index (χ0n) is 14.9. The minimum absolute atomic E-state index is 0.0116. The Kier molecular flexibility index (Phi) is 7.08. The van der Waals surface area contributed by atoms with Crippen molar-refractivity contribution < 1.29 is 19.1 Å². The van der Waals surface area contributed by atoms with Gasteiger partial charge in [0, 0.05) is 25.3 Å². The number of hydrogen-bond acceptors (Lipinski definition) is 4. The van der Waals surface area contributed by atoms with Crippen molar-refractivity contribution in [3.05, 3.63) is 23.2 Å². The molecule has 0 aliphatic carbocycles. The monoisotopic (exact) mass is 368 g/mol. The minimum atomic E-state index is -0.425. The summed E-state index contributed by atoms with van der Waals surface area (Å²) in [7, 11) is 1.60. The zero-order chi connectivity index (χ0) is 18.4. The standard InChI is InChI=1S/C18H25ClN2O4/c1-12(2)18(23)21-8-4-5-15(21)17(22)20-13-6-7-16(14(19)11-13)25-10-9-24-3/h6-7,11-12,15H,4-5,8-10H2,1-3H3,(H,20,22). The molecule has 6 nitrogen and oxygen atoms in total. The lowest BCUT2D eigenvalue weighted by Gasteiger charge is -2.25. The molecule has 7 heteroatoms. The van der Waals surface area contributed by atoms with Crippen LogP contribution >= 0.6 is 11.6 Å². The van der Waals surface area contributed by atoms with Crippen molar-refractivity contribution >= 4 is 29.1 Å². The molecule has 138 valence electrons. The highest BCUT2D eigenvalue weighted by Crippen LogP contribution is 2.28. The second kappa shape index (κ2) is 9.06. The number of ether oxygens (including phenoxy) is 2. The molecule has 1 aliphatic rings. The van der Waals surface area contributed by atoms with E-state index in [4.69, 9.17) is 21.1 Å². The number of likely N-dealkylation sites (tertiary alicyclic amines) is 1. The predicted molar refractivity (Wildman–Crippen MR) is 97.0 cm³/mol. The van der Waals surface area contributed by atoms with E-state index in [1.807, 2.05) is 13.8 Å². The molecule has 0 spiro atoms. The van der Waals surface area contributed by atoms with Crippen molar-refractivity contribution in [1.29, 1.82) is 0 Å². The van der Waals surface area contributed by atoms with Crippen molar-refractivity contribution in [3.63, 3.8) is 0 Å². The Bertz CT molecular complexity index is 621. The molecular weight excluding hydrogens is 344 g/mol. The van der Waals surface area contributed by atoms with Crippen LogP contribution in [0.5, 0.6) is 5.75 Å². The number of rotatable bonds is 7. The molecule has 0 radical (unpaired) electrons. The van der Waals surface area contributed by atoms with Gasteiger partial charge >= 0.3 is 0 Å². The maximum atomic E-state index is 12.6. The molecule has 1 saturated heterocycles. The van der Waals surface area contributed by atoms with Gasteiger partial charge in [-0.25, -0.2) is 0 Å². The first-order valence-electron chi connectivity index (χ1n) is 8.46. The third kappa shape index (κ3) is 5.09. The van der Waals surface area contributed by atoms with Gasteiger partial charge in [0.05, 0.1) is 11.6 Å². The molecule has 1 atom stereocenters. The highest BCUT2D eigenvalue weighted by molar-refractivity contribution is 6.32. The van der Waals surface area contributed by atoms with E-state index in [9.17, 15) is 9.59 Å². The van der Waals surface area contributed by atoms with Gasteiger partial charge in [0.25, 0.3) is 0 Å². The van der Waals surface area contributed by atoms with Crippen LogP contribution in [-0.2, 0) is 14.3 Å². The van der Waals surface area contributed by atoms with Crippen molar-refractivity contribution in [2.45, 2.75) is 32.7 Å². The average Bonchev–Trinajstić information content (AvgIpc) is 3.05. The molecule has 1 N–H and O–H groups in total. The topological polar surface area (TPSA) is 67.9 Å². The molecule has 0 saturated carbocycles. The van der Waals surface area contributed by atoms with E-state index >= 15 is 0 Å². The third-order valence-electron chi connectivity index (χ3n) is 4.08. The third-order valence-corrected chi connectivity index (χ3v) is 4.37. The Morgan fingerprint density at radius 1 is 1.36 bits per heavy atom. The number of halogens is 1. The van der Waals surface area contributed by atoms with Crippen LogP contribution in [0.3, 0.4) is 0 Å². The fourth-order valence-corrected chi connectivity index (χ4v) is 3.03. The molecule has 0 bridgehead atoms. The molecular formula is C18H25ClN2O4. The first-order chi connectivity index (χ1) is 11.9. The molecule has 1 unspecified atom stereocenters. The van der Waals surface area contributed by atoms with Crippen LogP contribution in [0.1, 0.15) is 26.7 Å². The number of amides is 2. The van der Waals surface area contributed by atoms with E-state index in [0.717, 1.165) is 6.42 Å². The molecule has 0 aromatic heterocycles. The minimum Gasteiger partial charge on any atom is -0.490 e. The summed E-state index contributed by atoms with van der Waals surface area (Å²) in [5.74, 6) is 0.244. The van der Waals surface area contributed by atoms with Crippen LogP contribution in [0.25, 0.3) is 0 Å². The van der Waals surface area contributed by atoms with Gasteiger partial charge < -0.3 is 19.7 Å². The Balaban J connectivity index is 2.00. The lowest BCUT2D eigenvalue weighted by Crippen LogP contribution is -2.44. The first-order valence-corrected chi connectivity index (χ1v) is 8.84. The van der Waals surface area contributed by atoms with Crippen LogP contribution in [0, 0.1) is 5.92 Å². The summed E-state index contributed by atoms with van der Waals surface area (Å²) in [6.07, 6.45) is 1.51. The Morgan fingerprint density at radius 2 is 2.12 bits per heavy atom. The van der Waals surface area contributed by atoms with Gasteiger partial charge in [0.1, 0.15) is 18.4 Å². The maximum Gasteiger partial charge on any atom is 0.247 e. The smallest absolute Gasteiger partial charge is 0.247 e. The van der Waals surface area contributed by atoms with Gasteiger partial charge in [-0.2, -0.15) is 0 Å². The molecule has 1 aliphatic heterocycles. The number of benzene rings is 1. The second-order valence-corrected chi connectivity index (χ2v) is 6.73. The Hall–Kier alpha value is -1.79. The second-order valence-electron chi connectivity index (χ2n) is 6.32. The van der Waals surface area contributed by atoms with Crippen molar-refractivity contribution in [2.24, 2.45) is 5.92 Å². The van der Waals surface area contributed by atoms with E-state index in [1.165, 1.54) is 0 Å². The highest BCUT2D eigenvalue weighted by Gasteiger charge is 2.34. The molecule has 1 heterocycles. The molecule has 1 aromatic rings. The lowest BCUT2D eigenvalue weighted by atomic mass is 10.1. The van der Waals surface area contributed by atoms with Crippen LogP contribution in [0.2, 0.25) is 5.02 Å². The highest BCUT2D eigenvalue weighted by atomic mass is 35.5. The van der Waals surface area contributed by atoms with E-state index in [1.54, 1.807) is 30.2 Å². The van der Waals surface area contributed by atoms with Crippen LogP contribution in [-0.4, -0.2) is 49.6 Å². The zero-order valence-corrected chi connectivity index (χ0v) is 15.6. The maximum absolute atomic E-state index is 12.6. The van der Waals surface area contributed by atoms with E-state index in [-0.39, 0.29) is 17.7 Å². The van der Waals surface area contributed by atoms with Gasteiger partial charge in [-0.3, -0.25) is 9.59 Å². The molecule has 2 rings (SSSR count). The number of hydrogen-bond donors (Lipinski definition) is 1. The first kappa shape index (κ1) is 19.5. The quantitative estimate of drug-likeness (QED) is 0.751. The van der Waals surface area contributed by atoms with Gasteiger partial charge in [0.2, 0.25) is 11.8 Å². The summed E-state index contributed by atoms with van der Waals surface area (Å²) in [5.41, 5.74) is 0.581. The number of nitrogens with zero attached hydrogens (tertiary/aromatic N) is 1. The van der Waals surface area contributed by atoms with E-state index in [2.05, 4.69) is 5.32 Å². The summed E-state index contributed by atoms with van der Waals surface area (Å²) in [5, 5.41) is 3.26. The largest absolute Gasteiger partial charge is 0.490 e. The fourth-order valence-electron chi connectivity index (χ4n) is 2.79. The normalized spacial score (nSPS) is 17.0. The Morgan fingerprint density at radius 3 is 2.76 bits per heavy atom. The van der Waals surface area contributed by atoms with Crippen molar-refractivity contribution in [1.82, 2.24) is 4.90 Å². The summed E-state index contributed by atoms with van der Waals surface area (Å²) >= 11 is 6.19. The van der Waals surface area contributed by atoms with Gasteiger partial charge in [-0.05, 0) is 31.0 Å². The average molecular weight is 369 g/mol. The van der Waals surface area contributed by atoms with Crippen molar-refractivity contribution in [2.75, 3.05) is 32.2 Å². The SMILES string of the molecule is COCCOc1ccc(NC(=O)C2CCCN2C(=O)C(C)C)cc1Cl. The molecule has 2 amide bonds. The number of carbonyl (C=O) groups excluding carboxylic acids is 2. The van der Waals surface area contributed by atoms with Crippen LogP contribution < -0.4 is 10.1 Å². The Labute approximate surface area is 153 Å². The van der Waals surface area contributed by atoms with Crippen LogP contribution in [0.4, 0.5) is 5.69 Å². The summed E-state index contributed by atoms with van der Waals surface area (Å²) in [6, 6.07) is 4.66. The fraction of sp³-hybridized carbons (Fsp3) is 0.556. The number of nitrogens with one attached hydrogen (secondary N) is 1. The van der Waals surface area contributed by atoms with Crippen LogP contribution in [0.15, 0.2) is 18.2 Å². The lowest BCUT2D eigenvalue weighted by molar-refractivity contribution is -0.139. The van der Waals surface area contributed by atoms with Gasteiger partial charge in [0.15, 0.2) is 0 Å². The summed E-state index contributed by atoms with van der Waals surface area (Å²) in [6.45, 7) is 5.18. The van der Waals surface area contributed by atoms with Gasteiger partial charge in [-0.15, -0.1) is 0 Å².